The van der Waals surface area contributed by atoms with E-state index < -0.39 is 0 Å². The third kappa shape index (κ3) is 4.27. The van der Waals surface area contributed by atoms with Gasteiger partial charge in [-0.05, 0) is 31.0 Å². The molecule has 8 nitrogen and oxygen atoms in total. The molecule has 1 atom stereocenters. The molecular formula is C22H24N4O4. The van der Waals surface area contributed by atoms with Crippen LogP contribution >= 0.6 is 0 Å². The fourth-order valence-corrected chi connectivity index (χ4v) is 3.63. The Morgan fingerprint density at radius 1 is 1.23 bits per heavy atom. The minimum absolute atomic E-state index is 0.0628. The van der Waals surface area contributed by atoms with Crippen molar-refractivity contribution in [3.8, 4) is 11.6 Å². The van der Waals surface area contributed by atoms with Gasteiger partial charge in [0, 0.05) is 30.8 Å². The van der Waals surface area contributed by atoms with Gasteiger partial charge in [0.15, 0.2) is 12.4 Å². The number of carbonyl (C=O) groups is 1. The van der Waals surface area contributed by atoms with Gasteiger partial charge in [-0.2, -0.15) is 4.98 Å². The lowest BCUT2D eigenvalue weighted by Gasteiger charge is -2.38. The van der Waals surface area contributed by atoms with Crippen LogP contribution in [0.15, 0.2) is 53.2 Å². The maximum absolute atomic E-state index is 12.9. The van der Waals surface area contributed by atoms with Gasteiger partial charge in [-0.15, -0.1) is 0 Å². The van der Waals surface area contributed by atoms with Gasteiger partial charge in [0.2, 0.25) is 5.88 Å². The highest BCUT2D eigenvalue weighted by molar-refractivity contribution is 5.94. The number of para-hydroxylation sites is 1. The van der Waals surface area contributed by atoms with Gasteiger partial charge >= 0.3 is 0 Å². The molecule has 156 valence electrons. The molecule has 1 fully saturated rings. The van der Waals surface area contributed by atoms with Crippen LogP contribution < -0.4 is 9.47 Å². The number of methoxy groups -OCH3 is 1. The van der Waals surface area contributed by atoms with E-state index in [1.807, 2.05) is 35.2 Å². The summed E-state index contributed by atoms with van der Waals surface area (Å²) in [5, 5.41) is 4.18. The first kappa shape index (κ1) is 19.9. The molecule has 4 rings (SSSR count). The second-order valence-electron chi connectivity index (χ2n) is 7.59. The Balaban J connectivity index is 1.43. The molecule has 1 saturated heterocycles. The van der Waals surface area contributed by atoms with E-state index in [2.05, 4.69) is 22.0 Å². The highest BCUT2D eigenvalue weighted by Crippen LogP contribution is 2.32. The van der Waals surface area contributed by atoms with Crippen LogP contribution in [0.2, 0.25) is 0 Å². The average molecular weight is 408 g/mol. The number of hydrogen-bond donors (Lipinski definition) is 0. The Morgan fingerprint density at radius 3 is 2.80 bits per heavy atom. The van der Waals surface area contributed by atoms with Crippen molar-refractivity contribution in [1.82, 2.24) is 20.0 Å². The van der Waals surface area contributed by atoms with E-state index in [0.29, 0.717) is 36.2 Å². The quantitative estimate of drug-likeness (QED) is 0.618. The summed E-state index contributed by atoms with van der Waals surface area (Å²) in [6.07, 6.45) is 3.27. The molecule has 30 heavy (non-hydrogen) atoms. The first-order valence-corrected chi connectivity index (χ1v) is 9.88. The molecule has 0 saturated carbocycles. The Labute approximate surface area is 174 Å². The zero-order valence-electron chi connectivity index (χ0n) is 17.1. The van der Waals surface area contributed by atoms with Crippen molar-refractivity contribution in [2.45, 2.75) is 31.8 Å². The number of pyridine rings is 1. The second kappa shape index (κ2) is 8.52. The van der Waals surface area contributed by atoms with Crippen LogP contribution in [0.4, 0.5) is 0 Å². The van der Waals surface area contributed by atoms with Crippen molar-refractivity contribution in [2.75, 3.05) is 20.2 Å². The molecule has 1 aromatic carbocycles. The van der Waals surface area contributed by atoms with E-state index in [1.165, 1.54) is 0 Å². The Morgan fingerprint density at radius 2 is 2.07 bits per heavy atom. The summed E-state index contributed by atoms with van der Waals surface area (Å²) in [4.78, 5) is 23.4. The van der Waals surface area contributed by atoms with Gasteiger partial charge < -0.3 is 18.9 Å². The van der Waals surface area contributed by atoms with Crippen LogP contribution in [0.5, 0.6) is 11.6 Å². The zero-order chi connectivity index (χ0) is 21.0. The van der Waals surface area contributed by atoms with Crippen LogP contribution in [-0.2, 0) is 12.0 Å². The number of amides is 1. The van der Waals surface area contributed by atoms with E-state index in [9.17, 15) is 4.79 Å². The fourth-order valence-electron chi connectivity index (χ4n) is 3.63. The van der Waals surface area contributed by atoms with Gasteiger partial charge in [-0.3, -0.25) is 4.79 Å². The van der Waals surface area contributed by atoms with E-state index in [0.717, 1.165) is 18.6 Å². The van der Waals surface area contributed by atoms with Gasteiger partial charge in [0.25, 0.3) is 11.8 Å². The topological polar surface area (TPSA) is 90.6 Å². The lowest BCUT2D eigenvalue weighted by atomic mass is 9.81. The number of piperidine rings is 1. The van der Waals surface area contributed by atoms with Crippen LogP contribution in [0.1, 0.15) is 41.8 Å². The van der Waals surface area contributed by atoms with Crippen molar-refractivity contribution < 1.29 is 18.8 Å². The predicted octanol–water partition coefficient (Wildman–Crippen LogP) is 3.25. The molecule has 3 aromatic rings. The number of carbonyl (C=O) groups excluding carboxylic acids is 1. The third-order valence-electron chi connectivity index (χ3n) is 5.29. The van der Waals surface area contributed by atoms with E-state index in [4.69, 9.17) is 14.0 Å². The summed E-state index contributed by atoms with van der Waals surface area (Å²) in [6.45, 7) is 3.46. The smallest absolute Gasteiger partial charge is 0.264 e. The third-order valence-corrected chi connectivity index (χ3v) is 5.29. The second-order valence-corrected chi connectivity index (χ2v) is 7.59. The molecule has 0 radical (unpaired) electrons. The van der Waals surface area contributed by atoms with Gasteiger partial charge in [0.1, 0.15) is 5.75 Å². The average Bonchev–Trinajstić information content (AvgIpc) is 3.28. The largest absolute Gasteiger partial charge is 0.484 e. The molecule has 3 heterocycles. The molecule has 2 aromatic heterocycles. The van der Waals surface area contributed by atoms with Crippen LogP contribution in [0, 0.1) is 0 Å². The summed E-state index contributed by atoms with van der Waals surface area (Å²) in [5.41, 5.74) is 0.146. The number of hydrogen-bond acceptors (Lipinski definition) is 7. The monoisotopic (exact) mass is 408 g/mol. The standard InChI is InChI=1S/C22H24N4O4/c1-22(21-24-19(30-25-21)14-29-17-7-4-3-5-8-17)11-6-12-26(15-22)20(27)16-9-10-18(28-2)23-13-16/h3-5,7-10,13H,6,11-12,14-15H2,1-2H3. The minimum atomic E-state index is -0.387. The predicted molar refractivity (Wildman–Crippen MR) is 108 cm³/mol. The molecule has 0 aliphatic carbocycles. The normalized spacial score (nSPS) is 18.8. The molecule has 1 amide bonds. The van der Waals surface area contributed by atoms with Crippen molar-refractivity contribution in [1.29, 1.82) is 0 Å². The van der Waals surface area contributed by atoms with Gasteiger partial charge in [-0.1, -0.05) is 30.3 Å². The molecule has 0 bridgehead atoms. The minimum Gasteiger partial charge on any atom is -0.484 e. The number of nitrogens with zero attached hydrogens (tertiary/aromatic N) is 4. The molecule has 0 spiro atoms. The summed E-state index contributed by atoms with van der Waals surface area (Å²) in [7, 11) is 1.55. The summed E-state index contributed by atoms with van der Waals surface area (Å²) < 4.78 is 16.1. The first-order chi connectivity index (χ1) is 14.6. The highest BCUT2D eigenvalue weighted by atomic mass is 16.5. The molecule has 0 N–H and O–H groups in total. The Bertz CT molecular complexity index is 990. The molecule has 1 aliphatic heterocycles. The van der Waals surface area contributed by atoms with Crippen molar-refractivity contribution in [2.24, 2.45) is 0 Å². The van der Waals surface area contributed by atoms with Crippen LogP contribution in [-0.4, -0.2) is 46.1 Å². The number of likely N-dealkylation sites (tertiary alicyclic amines) is 1. The summed E-state index contributed by atoms with van der Waals surface area (Å²) in [6, 6.07) is 12.9. The lowest BCUT2D eigenvalue weighted by molar-refractivity contribution is 0.0641. The van der Waals surface area contributed by atoms with E-state index >= 15 is 0 Å². The summed E-state index contributed by atoms with van der Waals surface area (Å²) >= 11 is 0. The fraction of sp³-hybridized carbons (Fsp3) is 0.364. The van der Waals surface area contributed by atoms with Crippen molar-refractivity contribution >= 4 is 5.91 Å². The number of aromatic nitrogens is 3. The maximum Gasteiger partial charge on any atom is 0.264 e. The number of rotatable bonds is 6. The Hall–Kier alpha value is -3.42. The van der Waals surface area contributed by atoms with Gasteiger partial charge in [0.05, 0.1) is 12.7 Å². The molecule has 1 aliphatic rings. The number of ether oxygens (including phenoxy) is 2. The van der Waals surface area contributed by atoms with Crippen molar-refractivity contribution in [3.05, 3.63) is 65.9 Å². The van der Waals surface area contributed by atoms with E-state index in [1.54, 1.807) is 25.4 Å². The first-order valence-electron chi connectivity index (χ1n) is 9.88. The maximum atomic E-state index is 12.9. The summed E-state index contributed by atoms with van der Waals surface area (Å²) in [5.74, 6) is 2.17. The Kier molecular flexibility index (Phi) is 5.65. The number of benzene rings is 1. The van der Waals surface area contributed by atoms with Crippen LogP contribution in [0.3, 0.4) is 0 Å². The SMILES string of the molecule is COc1ccc(C(=O)N2CCCC(C)(c3noc(COc4ccccc4)n3)C2)cn1. The van der Waals surface area contributed by atoms with Gasteiger partial charge in [-0.25, -0.2) is 4.98 Å². The zero-order valence-corrected chi connectivity index (χ0v) is 17.1. The molecule has 1 unspecified atom stereocenters. The lowest BCUT2D eigenvalue weighted by Crippen LogP contribution is -2.47. The van der Waals surface area contributed by atoms with Crippen molar-refractivity contribution in [3.63, 3.8) is 0 Å². The molecule has 8 heteroatoms. The highest BCUT2D eigenvalue weighted by Gasteiger charge is 2.38. The van der Waals surface area contributed by atoms with Crippen LogP contribution in [0.25, 0.3) is 0 Å². The van der Waals surface area contributed by atoms with E-state index in [-0.39, 0.29) is 17.9 Å². The molecular weight excluding hydrogens is 384 g/mol.